The van der Waals surface area contributed by atoms with Crippen LogP contribution in [0.5, 0.6) is 0 Å². The number of para-hydroxylation sites is 1. The predicted molar refractivity (Wildman–Crippen MR) is 359 cm³/mol. The Morgan fingerprint density at radius 1 is 0.705 bits per heavy atom. The third-order valence-electron chi connectivity index (χ3n) is 13.2. The first kappa shape index (κ1) is 69.8. The second-order valence-corrected chi connectivity index (χ2v) is 20.8. The molecule has 5 aromatic rings. The van der Waals surface area contributed by atoms with Gasteiger partial charge in [0.15, 0.2) is 0 Å². The summed E-state index contributed by atoms with van der Waals surface area (Å²) in [5.41, 5.74) is 21.1. The Hall–Kier alpha value is -6.18. The number of fused-ring (bicyclic) bond motifs is 2. The maximum Gasteiger partial charge on any atom is 0.0464 e. The lowest BCUT2D eigenvalue weighted by atomic mass is 9.78. The van der Waals surface area contributed by atoms with Crippen molar-refractivity contribution in [3.05, 3.63) is 227 Å². The summed E-state index contributed by atoms with van der Waals surface area (Å²) in [5.74, 6) is 1.08. The summed E-state index contributed by atoms with van der Waals surface area (Å²) in [5, 5.41) is 3.71. The molecule has 0 radical (unpaired) electrons. The van der Waals surface area contributed by atoms with E-state index >= 15 is 0 Å². The van der Waals surface area contributed by atoms with Crippen molar-refractivity contribution in [3.63, 3.8) is 0 Å². The van der Waals surface area contributed by atoms with Crippen molar-refractivity contribution in [3.8, 4) is 22.3 Å². The first-order chi connectivity index (χ1) is 37.7. The van der Waals surface area contributed by atoms with Crippen LogP contribution in [0.25, 0.3) is 33.9 Å². The molecule has 1 fully saturated rings. The van der Waals surface area contributed by atoms with Crippen LogP contribution in [0.15, 0.2) is 188 Å². The minimum absolute atomic E-state index is 0.108. The van der Waals surface area contributed by atoms with E-state index in [1.807, 2.05) is 39.8 Å². The number of aryl methyl sites for hydroxylation is 2. The van der Waals surface area contributed by atoms with Crippen LogP contribution in [0.1, 0.15) is 213 Å². The number of anilines is 2. The Balaban J connectivity index is 0.000000775. The van der Waals surface area contributed by atoms with Crippen molar-refractivity contribution in [1.29, 1.82) is 0 Å². The predicted octanol–water partition coefficient (Wildman–Crippen LogP) is 25.1. The van der Waals surface area contributed by atoms with Crippen molar-refractivity contribution >= 4 is 23.0 Å². The van der Waals surface area contributed by atoms with E-state index in [9.17, 15) is 0 Å². The fourth-order valence-corrected chi connectivity index (χ4v) is 8.85. The lowest BCUT2D eigenvalue weighted by Gasteiger charge is -2.26. The average Bonchev–Trinajstić information content (AvgIpc) is 4.33. The van der Waals surface area contributed by atoms with Gasteiger partial charge in [0.05, 0.1) is 0 Å². The van der Waals surface area contributed by atoms with E-state index in [1.54, 1.807) is 11.6 Å². The van der Waals surface area contributed by atoms with E-state index < -0.39 is 0 Å². The molecule has 0 unspecified atom stereocenters. The van der Waals surface area contributed by atoms with Gasteiger partial charge in [-0.3, -0.25) is 0 Å². The van der Waals surface area contributed by atoms with Crippen molar-refractivity contribution in [1.82, 2.24) is 0 Å². The quantitative estimate of drug-likeness (QED) is 0.0626. The molecule has 0 heterocycles. The minimum Gasteiger partial charge on any atom is -0.355 e. The maximum absolute atomic E-state index is 3.71. The van der Waals surface area contributed by atoms with Gasteiger partial charge in [0.2, 0.25) is 0 Å². The molecule has 0 saturated heterocycles. The normalized spacial score (nSPS) is 13.0. The topological polar surface area (TPSA) is 12.0 Å². The van der Waals surface area contributed by atoms with Gasteiger partial charge in [0.25, 0.3) is 0 Å². The zero-order valence-electron chi connectivity index (χ0n) is 52.6. The molecule has 1 nitrogen and oxygen atoms in total. The van der Waals surface area contributed by atoms with Crippen molar-refractivity contribution in [2.75, 3.05) is 5.32 Å². The van der Waals surface area contributed by atoms with Gasteiger partial charge in [0, 0.05) is 22.4 Å². The first-order valence-corrected chi connectivity index (χ1v) is 30.3. The molecule has 0 spiro atoms. The van der Waals surface area contributed by atoms with Crippen molar-refractivity contribution in [2.24, 2.45) is 5.92 Å². The molecule has 3 aliphatic carbocycles. The van der Waals surface area contributed by atoms with E-state index in [1.165, 1.54) is 124 Å². The standard InChI is InChI=1S/C45H43N.C9H14.C6H14.C6H10.C4H8.C3H8.2C2H6/c1-6-12-37-30(2)17-18-31(3)44(37)40-29-35(24-26-43(40)46-36-13-8-7-9-14-36)34-22-19-32(20-23-34)27-33-21-25-39-38-15-10-11-16-41(38)45(4,5)42(39)28-33;1-4-5-6-7-8-9(2)3;2*1-3-5-6-4-2;1-4-2-3-4;1-3-2;2*1-2/h6-10,12-15,17-26,28-29,46H,11,16,27H2,1-5H3;4,6-8H,1,5H2,2-3H3;3-6H2,1-2H3;3,5-6H,1,4H2,2H3;4H,2-3H2,1H3;3H2,1-2H3;2*1-2H3/b12-6-;7-6-;;6-5-;;;;. The summed E-state index contributed by atoms with van der Waals surface area (Å²) in [4.78, 5) is 0. The Labute approximate surface area is 481 Å². The fraction of sp³-hybridized carbons (Fsp3) is 0.403. The number of allylic oxidation sites excluding steroid dienone is 13. The van der Waals surface area contributed by atoms with Crippen LogP contribution in [0.4, 0.5) is 11.4 Å². The Morgan fingerprint density at radius 3 is 1.85 bits per heavy atom. The monoisotopic (exact) mass is 1050 g/mol. The summed E-state index contributed by atoms with van der Waals surface area (Å²) in [6, 6.07) is 38.1. The minimum atomic E-state index is 0.108. The van der Waals surface area contributed by atoms with E-state index in [4.69, 9.17) is 0 Å². The van der Waals surface area contributed by atoms with Gasteiger partial charge in [-0.15, -0.1) is 6.58 Å². The largest absolute Gasteiger partial charge is 0.355 e. The van der Waals surface area contributed by atoms with Crippen LogP contribution in [-0.4, -0.2) is 0 Å². The number of benzene rings is 5. The fourth-order valence-electron chi connectivity index (χ4n) is 8.85. The third kappa shape index (κ3) is 24.7. The molecule has 1 N–H and O–H groups in total. The Bertz CT molecular complexity index is 2620. The second-order valence-electron chi connectivity index (χ2n) is 20.8. The molecule has 3 aliphatic rings. The van der Waals surface area contributed by atoms with Gasteiger partial charge in [-0.1, -0.05) is 291 Å². The maximum atomic E-state index is 3.71. The molecule has 0 aromatic heterocycles. The van der Waals surface area contributed by atoms with Gasteiger partial charge in [-0.2, -0.15) is 0 Å². The molecule has 0 amide bonds. The number of hydrogen-bond donors (Lipinski definition) is 1. The van der Waals surface area contributed by atoms with Crippen LogP contribution >= 0.6 is 0 Å². The lowest BCUT2D eigenvalue weighted by molar-refractivity contribution is 0.606. The zero-order chi connectivity index (χ0) is 58.3. The second kappa shape index (κ2) is 40.9. The molecule has 422 valence electrons. The molecular weight excluding hydrogens is 939 g/mol. The first-order valence-electron chi connectivity index (χ1n) is 30.3. The van der Waals surface area contributed by atoms with Gasteiger partial charge in [-0.25, -0.2) is 0 Å². The number of hydrogen-bond acceptors (Lipinski definition) is 1. The van der Waals surface area contributed by atoms with E-state index in [2.05, 4.69) is 260 Å². The molecule has 8 rings (SSSR count). The smallest absolute Gasteiger partial charge is 0.0464 e. The summed E-state index contributed by atoms with van der Waals surface area (Å²) >= 11 is 0. The highest BCUT2D eigenvalue weighted by Crippen LogP contribution is 2.50. The molecule has 1 heteroatoms. The van der Waals surface area contributed by atoms with Crippen LogP contribution in [0.3, 0.4) is 0 Å². The van der Waals surface area contributed by atoms with Gasteiger partial charge < -0.3 is 5.32 Å². The summed E-state index contributed by atoms with van der Waals surface area (Å²) < 4.78 is 0. The summed E-state index contributed by atoms with van der Waals surface area (Å²) in [6.07, 6.45) is 38.1. The van der Waals surface area contributed by atoms with Gasteiger partial charge in [0.1, 0.15) is 0 Å². The molecule has 5 aromatic carbocycles. The molecule has 0 atom stereocenters. The van der Waals surface area contributed by atoms with Crippen LogP contribution in [0.2, 0.25) is 0 Å². The average molecular weight is 1050 g/mol. The van der Waals surface area contributed by atoms with E-state index in [-0.39, 0.29) is 5.41 Å². The van der Waals surface area contributed by atoms with Crippen LogP contribution in [-0.2, 0) is 11.8 Å². The van der Waals surface area contributed by atoms with Crippen molar-refractivity contribution in [2.45, 2.75) is 200 Å². The molecular formula is C77H109N. The summed E-state index contributed by atoms with van der Waals surface area (Å²) in [7, 11) is 0. The summed E-state index contributed by atoms with van der Waals surface area (Å²) in [6.45, 7) is 43.7. The molecule has 1 saturated carbocycles. The van der Waals surface area contributed by atoms with Gasteiger partial charge >= 0.3 is 0 Å². The highest BCUT2D eigenvalue weighted by molar-refractivity contribution is 5.91. The SMILES string of the molecule is C/C=C\c1c(C)ccc(C)c1-c1cc(-c2ccc(Cc3ccc4c(c3)C(C)(C)C3=C4C=CCC3)cc2)ccc1Nc1ccccc1.C=C/C=C\CC.C=CC/C=C\C=C(C)C.CC.CC.CC1CC1.CCC.CCCCCC. The zero-order valence-corrected chi connectivity index (χ0v) is 52.6. The number of unbranched alkanes of at least 4 members (excludes halogenated alkanes) is 3. The van der Waals surface area contributed by atoms with E-state index in [0.29, 0.717) is 0 Å². The van der Waals surface area contributed by atoms with E-state index in [0.717, 1.165) is 43.0 Å². The van der Waals surface area contributed by atoms with Crippen LogP contribution in [0, 0.1) is 19.8 Å². The molecule has 78 heavy (non-hydrogen) atoms. The lowest BCUT2D eigenvalue weighted by Crippen LogP contribution is -2.18. The Morgan fingerprint density at radius 2 is 1.31 bits per heavy atom. The molecule has 0 aliphatic heterocycles. The highest BCUT2D eigenvalue weighted by Gasteiger charge is 2.37. The third-order valence-corrected chi connectivity index (χ3v) is 13.2. The number of rotatable bonds is 15. The number of nitrogens with one attached hydrogen (secondary N) is 1. The van der Waals surface area contributed by atoms with Crippen LogP contribution < -0.4 is 5.32 Å². The highest BCUT2D eigenvalue weighted by atomic mass is 14.9. The van der Waals surface area contributed by atoms with Crippen molar-refractivity contribution < 1.29 is 0 Å². The Kier molecular flexibility index (Phi) is 36.7. The molecule has 0 bridgehead atoms. The van der Waals surface area contributed by atoms with Gasteiger partial charge in [-0.05, 0) is 158 Å².